The second-order valence-electron chi connectivity index (χ2n) is 14.7. The Bertz CT molecular complexity index is 939. The van der Waals surface area contributed by atoms with Crippen LogP contribution in [0.2, 0.25) is 0 Å². The zero-order valence-electron chi connectivity index (χ0n) is 27.9. The van der Waals surface area contributed by atoms with E-state index in [1.54, 1.807) is 0 Å². The molecule has 1 aromatic carbocycles. The molecular formula is C35H61N5O2. The van der Waals surface area contributed by atoms with Gasteiger partial charge in [0, 0.05) is 56.7 Å². The first-order valence-corrected chi connectivity index (χ1v) is 16.9. The Kier molecular flexibility index (Phi) is 13.3. The van der Waals surface area contributed by atoms with Crippen LogP contribution in [0.25, 0.3) is 0 Å². The third-order valence-corrected chi connectivity index (χ3v) is 8.76. The van der Waals surface area contributed by atoms with Crippen molar-refractivity contribution < 1.29 is 9.59 Å². The van der Waals surface area contributed by atoms with E-state index in [0.717, 1.165) is 77.8 Å². The number of amides is 3. The van der Waals surface area contributed by atoms with Gasteiger partial charge in [-0.3, -0.25) is 4.79 Å². The average Bonchev–Trinajstić information content (AvgIpc) is 3.22. The molecule has 1 aromatic rings. The highest BCUT2D eigenvalue weighted by atomic mass is 16.2. The first kappa shape index (κ1) is 34.1. The summed E-state index contributed by atoms with van der Waals surface area (Å²) < 4.78 is 0. The van der Waals surface area contributed by atoms with Gasteiger partial charge in [0.2, 0.25) is 5.91 Å². The van der Waals surface area contributed by atoms with Crippen molar-refractivity contribution in [3.63, 3.8) is 0 Å². The number of piperidine rings is 1. The molecule has 0 saturated carbocycles. The Morgan fingerprint density at radius 2 is 1.50 bits per heavy atom. The molecule has 0 radical (unpaired) electrons. The van der Waals surface area contributed by atoms with Crippen LogP contribution in [0.5, 0.6) is 0 Å². The number of benzene rings is 1. The van der Waals surface area contributed by atoms with Gasteiger partial charge in [0.15, 0.2) is 0 Å². The average molecular weight is 584 g/mol. The molecule has 2 saturated heterocycles. The molecule has 0 bridgehead atoms. The third kappa shape index (κ3) is 11.3. The number of anilines is 2. The monoisotopic (exact) mass is 583 g/mol. The minimum absolute atomic E-state index is 0.0676. The largest absolute Gasteiger partial charge is 0.385 e. The van der Waals surface area contributed by atoms with Gasteiger partial charge in [-0.25, -0.2) is 4.79 Å². The van der Waals surface area contributed by atoms with Crippen molar-refractivity contribution >= 4 is 23.3 Å². The molecule has 2 heterocycles. The minimum atomic E-state index is -0.451. The predicted molar refractivity (Wildman–Crippen MR) is 177 cm³/mol. The summed E-state index contributed by atoms with van der Waals surface area (Å²) in [5.74, 6) is 1.06. The number of urea groups is 1. The number of nitrogens with one attached hydrogen (secondary N) is 2. The van der Waals surface area contributed by atoms with Gasteiger partial charge in [0.25, 0.3) is 0 Å². The normalized spacial score (nSPS) is 17.7. The van der Waals surface area contributed by atoms with E-state index in [0.29, 0.717) is 29.7 Å². The molecular weight excluding hydrogens is 522 g/mol. The lowest BCUT2D eigenvalue weighted by Crippen LogP contribution is -2.55. The lowest BCUT2D eigenvalue weighted by molar-refractivity contribution is -0.134. The summed E-state index contributed by atoms with van der Waals surface area (Å²) in [6.07, 6.45) is 9.31. The fourth-order valence-corrected chi connectivity index (χ4v) is 6.10. The zero-order valence-corrected chi connectivity index (χ0v) is 27.9. The quantitative estimate of drug-likeness (QED) is 0.269. The van der Waals surface area contributed by atoms with E-state index in [4.69, 9.17) is 0 Å². The standard InChI is InChI=1S/C35H61N5O2/c1-27(2)16-25-40(30-14-12-29(13-15-30)36-20-19-35(5,6)7)31-17-23-38(24-18-31)33(41)32(26-28(3)4)37-34(42)39-21-10-8-9-11-22-39/h12-15,27-28,31-32,36H,8-11,16-26H2,1-7H3,(H,37,42)/t32-/m0/s1. The Labute approximate surface area is 257 Å². The minimum Gasteiger partial charge on any atom is -0.385 e. The van der Waals surface area contributed by atoms with Crippen molar-refractivity contribution in [1.29, 1.82) is 0 Å². The van der Waals surface area contributed by atoms with Crippen LogP contribution in [0, 0.1) is 17.3 Å². The van der Waals surface area contributed by atoms with Crippen LogP contribution in [0.4, 0.5) is 16.2 Å². The lowest BCUT2D eigenvalue weighted by atomic mass is 9.92. The van der Waals surface area contributed by atoms with Crippen molar-refractivity contribution in [2.75, 3.05) is 49.5 Å². The van der Waals surface area contributed by atoms with Crippen LogP contribution in [-0.2, 0) is 4.79 Å². The summed E-state index contributed by atoms with van der Waals surface area (Å²) in [7, 11) is 0. The number of nitrogens with zero attached hydrogens (tertiary/aromatic N) is 3. The van der Waals surface area contributed by atoms with Crippen LogP contribution < -0.4 is 15.5 Å². The summed E-state index contributed by atoms with van der Waals surface area (Å²) in [5, 5.41) is 6.72. The van der Waals surface area contributed by atoms with E-state index in [1.165, 1.54) is 24.2 Å². The lowest BCUT2D eigenvalue weighted by Gasteiger charge is -2.41. The Morgan fingerprint density at radius 1 is 0.881 bits per heavy atom. The fourth-order valence-electron chi connectivity index (χ4n) is 6.10. The third-order valence-electron chi connectivity index (χ3n) is 8.76. The predicted octanol–water partition coefficient (Wildman–Crippen LogP) is 7.38. The second-order valence-corrected chi connectivity index (χ2v) is 14.7. The molecule has 7 nitrogen and oxygen atoms in total. The maximum absolute atomic E-state index is 13.7. The highest BCUT2D eigenvalue weighted by molar-refractivity contribution is 5.87. The van der Waals surface area contributed by atoms with Crippen molar-refractivity contribution in [2.24, 2.45) is 17.3 Å². The van der Waals surface area contributed by atoms with E-state index < -0.39 is 6.04 Å². The Balaban J connectivity index is 1.62. The molecule has 0 aromatic heterocycles. The summed E-state index contributed by atoms with van der Waals surface area (Å²) in [4.78, 5) is 33.4. The summed E-state index contributed by atoms with van der Waals surface area (Å²) in [6, 6.07) is 8.82. The maximum Gasteiger partial charge on any atom is 0.318 e. The number of hydrogen-bond acceptors (Lipinski definition) is 4. The van der Waals surface area contributed by atoms with Gasteiger partial charge in [-0.2, -0.15) is 0 Å². The van der Waals surface area contributed by atoms with Crippen LogP contribution in [0.15, 0.2) is 24.3 Å². The smallest absolute Gasteiger partial charge is 0.318 e. The van der Waals surface area contributed by atoms with Gasteiger partial charge in [0.05, 0.1) is 0 Å². The van der Waals surface area contributed by atoms with E-state index in [1.807, 2.05) is 9.80 Å². The first-order chi connectivity index (χ1) is 19.9. The van der Waals surface area contributed by atoms with E-state index in [2.05, 4.69) is 88.3 Å². The van der Waals surface area contributed by atoms with Crippen LogP contribution in [0.1, 0.15) is 106 Å². The van der Waals surface area contributed by atoms with E-state index in [9.17, 15) is 9.59 Å². The van der Waals surface area contributed by atoms with Crippen molar-refractivity contribution in [1.82, 2.24) is 15.1 Å². The molecule has 0 spiro atoms. The second kappa shape index (κ2) is 16.4. The van der Waals surface area contributed by atoms with Gasteiger partial charge in [-0.05, 0) is 86.5 Å². The number of carbonyl (C=O) groups is 2. The van der Waals surface area contributed by atoms with Gasteiger partial charge < -0.3 is 25.3 Å². The number of hydrogen-bond donors (Lipinski definition) is 2. The van der Waals surface area contributed by atoms with E-state index >= 15 is 0 Å². The van der Waals surface area contributed by atoms with Crippen LogP contribution >= 0.6 is 0 Å². The molecule has 0 unspecified atom stereocenters. The van der Waals surface area contributed by atoms with Crippen LogP contribution in [-0.4, -0.2) is 73.1 Å². The van der Waals surface area contributed by atoms with E-state index in [-0.39, 0.29) is 11.9 Å². The molecule has 2 fully saturated rings. The summed E-state index contributed by atoms with van der Waals surface area (Å²) in [6.45, 7) is 20.7. The molecule has 2 aliphatic rings. The van der Waals surface area contributed by atoms with Gasteiger partial charge in [-0.1, -0.05) is 61.3 Å². The molecule has 3 rings (SSSR count). The fraction of sp³-hybridized carbons (Fsp3) is 0.771. The molecule has 2 N–H and O–H groups in total. The SMILES string of the molecule is CC(C)CCN(c1ccc(NCCC(C)(C)C)cc1)C1CCN(C(=O)[C@H](CC(C)C)NC(=O)N2CCCCCC2)CC1. The first-order valence-electron chi connectivity index (χ1n) is 16.9. The van der Waals surface area contributed by atoms with Crippen molar-refractivity contribution in [3.8, 4) is 0 Å². The highest BCUT2D eigenvalue weighted by Crippen LogP contribution is 2.27. The van der Waals surface area contributed by atoms with Crippen molar-refractivity contribution in [2.45, 2.75) is 118 Å². The molecule has 0 aliphatic carbocycles. The topological polar surface area (TPSA) is 67.9 Å². The molecule has 1 atom stereocenters. The van der Waals surface area contributed by atoms with Crippen molar-refractivity contribution in [3.05, 3.63) is 24.3 Å². The highest BCUT2D eigenvalue weighted by Gasteiger charge is 2.32. The van der Waals surface area contributed by atoms with Crippen LogP contribution in [0.3, 0.4) is 0 Å². The Morgan fingerprint density at radius 3 is 2.05 bits per heavy atom. The molecule has 7 heteroatoms. The number of rotatable bonds is 12. The maximum atomic E-state index is 13.7. The summed E-state index contributed by atoms with van der Waals surface area (Å²) in [5.41, 5.74) is 2.76. The molecule has 2 aliphatic heterocycles. The number of likely N-dealkylation sites (tertiary alicyclic amines) is 2. The Hall–Kier alpha value is -2.44. The van der Waals surface area contributed by atoms with Gasteiger partial charge in [0.1, 0.15) is 6.04 Å². The summed E-state index contributed by atoms with van der Waals surface area (Å²) >= 11 is 0. The number of carbonyl (C=O) groups excluding carboxylic acids is 2. The molecule has 238 valence electrons. The van der Waals surface area contributed by atoms with Gasteiger partial charge in [-0.15, -0.1) is 0 Å². The zero-order chi connectivity index (χ0) is 30.7. The van der Waals surface area contributed by atoms with Gasteiger partial charge >= 0.3 is 6.03 Å². The molecule has 3 amide bonds. The molecule has 42 heavy (non-hydrogen) atoms.